The molecule has 6 nitrogen and oxygen atoms in total. The maximum Gasteiger partial charge on any atom is 0.302 e. The number of carbonyl (C=O) groups excluding carboxylic acids is 2. The number of nitrogens with zero attached hydrogens (tertiary/aromatic N) is 2. The van der Waals surface area contributed by atoms with Gasteiger partial charge in [-0.15, -0.1) is 24.0 Å². The normalized spacial score (nSPS) is 21.0. The number of hydrogen-bond donors (Lipinski definition) is 0. The molecule has 8 heteroatoms. The van der Waals surface area contributed by atoms with Crippen molar-refractivity contribution in [3.63, 3.8) is 0 Å². The van der Waals surface area contributed by atoms with Crippen LogP contribution in [0, 0.1) is 0 Å². The third kappa shape index (κ3) is 8.05. The number of fused-ring (bicyclic) bond motifs is 2. The molecule has 258 valence electrons. The van der Waals surface area contributed by atoms with E-state index in [0.29, 0.717) is 13.2 Å². The van der Waals surface area contributed by atoms with Gasteiger partial charge in [0.05, 0.1) is 19.3 Å². The summed E-state index contributed by atoms with van der Waals surface area (Å²) in [5.41, 5.74) is 8.34. The second-order valence-corrected chi connectivity index (χ2v) is 14.2. The molecule has 0 amide bonds. The first-order valence-corrected chi connectivity index (χ1v) is 17.3. The smallest absolute Gasteiger partial charge is 0.302 e. The number of esters is 2. The first-order valence-electron chi connectivity index (χ1n) is 16.9. The highest BCUT2D eigenvalue weighted by molar-refractivity contribution is 14.0. The number of ether oxygens (including phenoxy) is 2. The van der Waals surface area contributed by atoms with Gasteiger partial charge in [-0.25, -0.2) is 0 Å². The van der Waals surface area contributed by atoms with Gasteiger partial charge in [-0.05, 0) is 72.6 Å². The fourth-order valence-corrected chi connectivity index (χ4v) is 7.75. The summed E-state index contributed by atoms with van der Waals surface area (Å²) in [6.45, 7) is 14.4. The molecule has 2 heterocycles. The molecular weight excluding hydrogens is 735 g/mol. The Balaban J connectivity index is 0.00000520. The minimum absolute atomic E-state index is 0. The maximum atomic E-state index is 11.3. The summed E-state index contributed by atoms with van der Waals surface area (Å²) in [6.07, 6.45) is 13.5. The van der Waals surface area contributed by atoms with Crippen molar-refractivity contribution in [1.82, 2.24) is 0 Å². The van der Waals surface area contributed by atoms with Crippen molar-refractivity contribution < 1.29 is 19.1 Å². The molecule has 3 aliphatic rings. The summed E-state index contributed by atoms with van der Waals surface area (Å²) in [4.78, 5) is 27.5. The maximum absolute atomic E-state index is 11.3. The Morgan fingerprint density at radius 2 is 1.46 bits per heavy atom. The van der Waals surface area contributed by atoms with Gasteiger partial charge in [0.1, 0.15) is 0 Å². The summed E-state index contributed by atoms with van der Waals surface area (Å²) in [6, 6.07) is 17.3. The molecule has 0 saturated carbocycles. The van der Waals surface area contributed by atoms with Gasteiger partial charge in [-0.1, -0.05) is 93.9 Å². The third-order valence-corrected chi connectivity index (χ3v) is 10.3. The van der Waals surface area contributed by atoms with Crippen LogP contribution in [0.15, 0.2) is 94.7 Å². The second-order valence-electron chi connectivity index (χ2n) is 13.9. The number of benzene rings is 2. The lowest BCUT2D eigenvalue weighted by atomic mass is 9.80. The Morgan fingerprint density at radius 3 is 2.12 bits per heavy atom. The highest BCUT2D eigenvalue weighted by Gasteiger charge is 2.43. The Morgan fingerprint density at radius 1 is 0.854 bits per heavy atom. The molecule has 0 bridgehead atoms. The van der Waals surface area contributed by atoms with Crippen LogP contribution in [-0.4, -0.2) is 44.3 Å². The molecule has 0 spiro atoms. The van der Waals surface area contributed by atoms with Crippen molar-refractivity contribution in [2.75, 3.05) is 36.1 Å². The van der Waals surface area contributed by atoms with Gasteiger partial charge in [0, 0.05) is 59.9 Å². The van der Waals surface area contributed by atoms with Crippen molar-refractivity contribution in [3.8, 4) is 0 Å². The van der Waals surface area contributed by atoms with Gasteiger partial charge < -0.3 is 19.3 Å². The van der Waals surface area contributed by atoms with Crippen LogP contribution in [0.2, 0.25) is 0 Å². The van der Waals surface area contributed by atoms with E-state index in [2.05, 4.69) is 110 Å². The van der Waals surface area contributed by atoms with Crippen LogP contribution >= 0.6 is 35.6 Å². The van der Waals surface area contributed by atoms with Crippen molar-refractivity contribution in [2.24, 2.45) is 0 Å². The SMILES string of the molecule is CC(=O)OCCCN1/C(=C/C=C2\CCCC(/C=C/C3N(CCCOC(C)=O)c4ccccc4C3(C)C)=C2Cl)C(C)(C)c2ccccc21.I. The largest absolute Gasteiger partial charge is 0.466 e. The molecule has 5 rings (SSSR count). The predicted molar refractivity (Wildman–Crippen MR) is 207 cm³/mol. The van der Waals surface area contributed by atoms with Gasteiger partial charge in [0.2, 0.25) is 0 Å². The zero-order valence-electron chi connectivity index (χ0n) is 29.2. The molecule has 0 N–H and O–H groups in total. The molecule has 2 aromatic carbocycles. The van der Waals surface area contributed by atoms with Gasteiger partial charge >= 0.3 is 11.9 Å². The lowest BCUT2D eigenvalue weighted by Crippen LogP contribution is -2.40. The summed E-state index contributed by atoms with van der Waals surface area (Å²) >= 11 is 7.18. The topological polar surface area (TPSA) is 59.1 Å². The van der Waals surface area contributed by atoms with E-state index in [0.717, 1.165) is 55.8 Å². The van der Waals surface area contributed by atoms with Crippen molar-refractivity contribution >= 4 is 58.9 Å². The van der Waals surface area contributed by atoms with Crippen LogP contribution < -0.4 is 9.80 Å². The Bertz CT molecular complexity index is 1620. The summed E-state index contributed by atoms with van der Waals surface area (Å²) in [5, 5.41) is 0.841. The van der Waals surface area contributed by atoms with E-state index in [1.165, 1.54) is 47.6 Å². The monoisotopic (exact) mass is 784 g/mol. The number of rotatable bonds is 11. The minimum Gasteiger partial charge on any atom is -0.466 e. The van der Waals surface area contributed by atoms with Crippen LogP contribution in [-0.2, 0) is 29.9 Å². The van der Waals surface area contributed by atoms with E-state index in [1.54, 1.807) is 0 Å². The van der Waals surface area contributed by atoms with Gasteiger partial charge in [0.25, 0.3) is 0 Å². The summed E-state index contributed by atoms with van der Waals surface area (Å²) in [7, 11) is 0. The number of hydrogen-bond acceptors (Lipinski definition) is 6. The van der Waals surface area contributed by atoms with E-state index in [4.69, 9.17) is 21.1 Å². The van der Waals surface area contributed by atoms with Crippen LogP contribution in [0.5, 0.6) is 0 Å². The highest BCUT2D eigenvalue weighted by atomic mass is 127. The summed E-state index contributed by atoms with van der Waals surface area (Å²) in [5.74, 6) is -0.487. The van der Waals surface area contributed by atoms with E-state index >= 15 is 0 Å². The van der Waals surface area contributed by atoms with Crippen LogP contribution in [0.25, 0.3) is 0 Å². The molecule has 0 aromatic heterocycles. The standard InChI is InChI=1S/C40H49ClN2O4.HI/c1-28(44)46-26-12-24-42-34-18-9-7-16-32(34)39(3,4)36(42)22-20-30-14-11-15-31(38(30)41)21-23-37-40(5,6)33-17-8-10-19-35(33)43(37)25-13-27-47-29(2)45;/h7-10,16-23,36H,11-15,24-27H2,1-6H3;1H/b22-20+,31-21+,37-23+;. The first-order chi connectivity index (χ1) is 22.4. The molecule has 2 aliphatic heterocycles. The molecule has 0 fully saturated rings. The molecule has 48 heavy (non-hydrogen) atoms. The fourth-order valence-electron chi connectivity index (χ4n) is 7.44. The van der Waals surface area contributed by atoms with Crippen LogP contribution in [0.4, 0.5) is 11.4 Å². The van der Waals surface area contributed by atoms with Crippen molar-refractivity contribution in [1.29, 1.82) is 0 Å². The minimum atomic E-state index is -0.246. The van der Waals surface area contributed by atoms with Gasteiger partial charge in [-0.3, -0.25) is 9.59 Å². The molecular formula is C40H50ClIN2O4. The van der Waals surface area contributed by atoms with Gasteiger partial charge in [-0.2, -0.15) is 0 Å². The van der Waals surface area contributed by atoms with Gasteiger partial charge in [0.15, 0.2) is 0 Å². The van der Waals surface area contributed by atoms with Crippen molar-refractivity contribution in [3.05, 3.63) is 106 Å². The lowest BCUT2D eigenvalue weighted by molar-refractivity contribution is -0.141. The lowest BCUT2D eigenvalue weighted by Gasteiger charge is -2.32. The predicted octanol–water partition coefficient (Wildman–Crippen LogP) is 9.52. The zero-order chi connectivity index (χ0) is 33.8. The average molecular weight is 785 g/mol. The second kappa shape index (κ2) is 16.1. The van der Waals surface area contributed by atoms with E-state index in [1.807, 2.05) is 0 Å². The molecule has 0 saturated heterocycles. The Hall–Kier alpha value is -3.04. The summed E-state index contributed by atoms with van der Waals surface area (Å²) < 4.78 is 10.5. The Labute approximate surface area is 308 Å². The molecule has 1 aliphatic carbocycles. The van der Waals surface area contributed by atoms with Crippen LogP contribution in [0.1, 0.15) is 84.8 Å². The number of allylic oxidation sites excluding steroid dienone is 7. The van der Waals surface area contributed by atoms with Crippen LogP contribution in [0.3, 0.4) is 0 Å². The van der Waals surface area contributed by atoms with E-state index in [-0.39, 0.29) is 52.8 Å². The first kappa shape index (κ1) is 37.8. The van der Waals surface area contributed by atoms with Crippen molar-refractivity contribution in [2.45, 2.75) is 90.5 Å². The van der Waals surface area contributed by atoms with E-state index in [9.17, 15) is 9.59 Å². The zero-order valence-corrected chi connectivity index (χ0v) is 32.3. The molecule has 2 aromatic rings. The van der Waals surface area contributed by atoms with E-state index < -0.39 is 0 Å². The molecule has 1 unspecified atom stereocenters. The average Bonchev–Trinajstić information content (AvgIpc) is 3.38. The highest BCUT2D eigenvalue weighted by Crippen LogP contribution is 2.48. The quantitative estimate of drug-likeness (QED) is 0.129. The number of para-hydroxylation sites is 2. The molecule has 0 radical (unpaired) electrons. The fraction of sp³-hybridized carbons (Fsp3) is 0.450. The Kier molecular flexibility index (Phi) is 12.7. The number of carbonyl (C=O) groups is 2. The number of anilines is 2. The number of halogens is 2. The third-order valence-electron chi connectivity index (χ3n) is 9.84. The molecule has 1 atom stereocenters.